The molecule has 7 heteroatoms. The molecule has 0 radical (unpaired) electrons. The molecule has 1 aliphatic heterocycles. The zero-order chi connectivity index (χ0) is 19.8. The van der Waals surface area contributed by atoms with Crippen molar-refractivity contribution in [3.8, 4) is 0 Å². The van der Waals surface area contributed by atoms with Crippen LogP contribution in [-0.4, -0.2) is 26.6 Å². The third-order valence-corrected chi connectivity index (χ3v) is 5.95. The van der Waals surface area contributed by atoms with E-state index in [2.05, 4.69) is 10.1 Å². The molecule has 1 atom stereocenters. The molecule has 3 heterocycles. The number of aromatic nitrogens is 2. The molecule has 142 valence electrons. The first kappa shape index (κ1) is 18.0. The van der Waals surface area contributed by atoms with Gasteiger partial charge in [-0.15, -0.1) is 11.3 Å². The summed E-state index contributed by atoms with van der Waals surface area (Å²) in [5.74, 6) is -0.135. The van der Waals surface area contributed by atoms with Crippen LogP contribution in [0, 0.1) is 0 Å². The van der Waals surface area contributed by atoms with Crippen LogP contribution in [0.3, 0.4) is 0 Å². The van der Waals surface area contributed by atoms with E-state index in [9.17, 15) is 4.79 Å². The maximum absolute atomic E-state index is 13.1. The molecule has 0 spiro atoms. The Morgan fingerprint density at radius 2 is 1.83 bits per heavy atom. The number of rotatable bonds is 3. The number of hydrogen-bond acceptors (Lipinski definition) is 5. The predicted molar refractivity (Wildman–Crippen MR) is 115 cm³/mol. The highest BCUT2D eigenvalue weighted by molar-refractivity contribution is 7.12. The van der Waals surface area contributed by atoms with Gasteiger partial charge in [0, 0.05) is 11.4 Å². The molecule has 0 unspecified atom stereocenters. The van der Waals surface area contributed by atoms with Crippen molar-refractivity contribution in [1.29, 1.82) is 0 Å². The quantitative estimate of drug-likeness (QED) is 0.451. The second kappa shape index (κ2) is 7.39. The largest absolute Gasteiger partial charge is 0.284 e. The van der Waals surface area contributed by atoms with Crippen LogP contribution in [0.1, 0.15) is 33.4 Å². The van der Waals surface area contributed by atoms with E-state index in [-0.39, 0.29) is 11.9 Å². The van der Waals surface area contributed by atoms with Crippen molar-refractivity contribution in [3.05, 3.63) is 93.4 Å². The molecule has 0 fully saturated rings. The summed E-state index contributed by atoms with van der Waals surface area (Å²) >= 11 is 7.43. The molecule has 29 heavy (non-hydrogen) atoms. The lowest BCUT2D eigenvalue weighted by molar-refractivity contribution is 0.0713. The van der Waals surface area contributed by atoms with Gasteiger partial charge in [-0.2, -0.15) is 5.10 Å². The highest BCUT2D eigenvalue weighted by Gasteiger charge is 2.35. The molecule has 4 aromatic rings. The van der Waals surface area contributed by atoms with Crippen LogP contribution in [-0.2, 0) is 0 Å². The molecule has 0 aliphatic carbocycles. The number of fused-ring (bicyclic) bond motifs is 1. The summed E-state index contributed by atoms with van der Waals surface area (Å²) in [6.45, 7) is 0. The molecule has 1 aliphatic rings. The molecule has 0 saturated carbocycles. The van der Waals surface area contributed by atoms with E-state index >= 15 is 0 Å². The van der Waals surface area contributed by atoms with Gasteiger partial charge in [0.1, 0.15) is 6.04 Å². The van der Waals surface area contributed by atoms with E-state index in [0.29, 0.717) is 16.3 Å². The summed E-state index contributed by atoms with van der Waals surface area (Å²) in [6, 6.07) is 18.6. The van der Waals surface area contributed by atoms with Crippen LogP contribution < -0.4 is 0 Å². The molecule has 2 aromatic heterocycles. The average Bonchev–Trinajstić information content (AvgIpc) is 3.44. The van der Waals surface area contributed by atoms with Crippen molar-refractivity contribution >= 4 is 45.6 Å². The van der Waals surface area contributed by atoms with Crippen LogP contribution in [0.15, 0.2) is 77.3 Å². The molecule has 0 N–H and O–H groups in total. The Bertz CT molecular complexity index is 1220. The van der Waals surface area contributed by atoms with Gasteiger partial charge in [-0.1, -0.05) is 41.9 Å². The summed E-state index contributed by atoms with van der Waals surface area (Å²) in [5.41, 5.74) is 4.11. The van der Waals surface area contributed by atoms with Gasteiger partial charge in [0.2, 0.25) is 0 Å². The summed E-state index contributed by atoms with van der Waals surface area (Å²) in [6.07, 6.45) is 2.30. The zero-order valence-corrected chi connectivity index (χ0v) is 16.8. The number of carbonyl (C=O) groups excluding carboxylic acids is 1. The number of hydrazone groups is 1. The van der Waals surface area contributed by atoms with Crippen LogP contribution in [0.25, 0.3) is 11.0 Å². The van der Waals surface area contributed by atoms with Crippen LogP contribution in [0.2, 0.25) is 5.02 Å². The molecule has 0 saturated heterocycles. The first-order valence-electron chi connectivity index (χ1n) is 9.11. The smallest absolute Gasteiger partial charge is 0.266 e. The second-order valence-electron chi connectivity index (χ2n) is 6.68. The Balaban J connectivity index is 1.56. The van der Waals surface area contributed by atoms with Gasteiger partial charge in [0.05, 0.1) is 33.5 Å². The van der Waals surface area contributed by atoms with Crippen LogP contribution in [0.5, 0.6) is 0 Å². The Morgan fingerprint density at radius 3 is 2.59 bits per heavy atom. The van der Waals surface area contributed by atoms with Crippen molar-refractivity contribution in [2.45, 2.75) is 12.5 Å². The van der Waals surface area contributed by atoms with Gasteiger partial charge in [-0.3, -0.25) is 9.78 Å². The van der Waals surface area contributed by atoms with Crippen LogP contribution >= 0.6 is 22.9 Å². The van der Waals surface area contributed by atoms with Crippen LogP contribution in [0.4, 0.5) is 0 Å². The fourth-order valence-electron chi connectivity index (χ4n) is 3.39. The summed E-state index contributed by atoms with van der Waals surface area (Å²) in [7, 11) is 0. The van der Waals surface area contributed by atoms with Crippen molar-refractivity contribution in [1.82, 2.24) is 15.0 Å². The molecule has 2 aromatic carbocycles. The topological polar surface area (TPSA) is 58.5 Å². The fourth-order valence-corrected chi connectivity index (χ4v) is 4.17. The van der Waals surface area contributed by atoms with Crippen molar-refractivity contribution in [2.75, 3.05) is 0 Å². The molecular weight excluding hydrogens is 404 g/mol. The maximum atomic E-state index is 13.1. The van der Waals surface area contributed by atoms with Gasteiger partial charge < -0.3 is 0 Å². The number of benzene rings is 2. The Labute approximate surface area is 176 Å². The SMILES string of the molecule is O=C(c1cccs1)N1N=C(c2ccc(Cl)cc2)C[C@H]1c1cnc2ccccc2n1. The lowest BCUT2D eigenvalue weighted by Crippen LogP contribution is -2.27. The summed E-state index contributed by atoms with van der Waals surface area (Å²) in [4.78, 5) is 23.1. The van der Waals surface area contributed by atoms with E-state index in [0.717, 1.165) is 28.0 Å². The molecular formula is C22H15ClN4OS. The van der Waals surface area contributed by atoms with Crippen molar-refractivity contribution in [3.63, 3.8) is 0 Å². The minimum atomic E-state index is -0.313. The minimum Gasteiger partial charge on any atom is -0.266 e. The van der Waals surface area contributed by atoms with Crippen molar-refractivity contribution < 1.29 is 4.79 Å². The number of halogens is 1. The number of hydrogen-bond donors (Lipinski definition) is 0. The van der Waals surface area contributed by atoms with E-state index in [1.807, 2.05) is 66.0 Å². The Kier molecular flexibility index (Phi) is 4.58. The lowest BCUT2D eigenvalue weighted by atomic mass is 10.0. The number of nitrogens with zero attached hydrogens (tertiary/aromatic N) is 4. The highest BCUT2D eigenvalue weighted by atomic mass is 35.5. The van der Waals surface area contributed by atoms with E-state index in [1.165, 1.54) is 16.3 Å². The number of amides is 1. The van der Waals surface area contributed by atoms with E-state index in [4.69, 9.17) is 16.6 Å². The number of para-hydroxylation sites is 2. The highest BCUT2D eigenvalue weighted by Crippen LogP contribution is 2.34. The normalized spacial score (nSPS) is 16.2. The van der Waals surface area contributed by atoms with Crippen molar-refractivity contribution in [2.24, 2.45) is 5.10 Å². The van der Waals surface area contributed by atoms with Gasteiger partial charge in [0.25, 0.3) is 5.91 Å². The maximum Gasteiger partial charge on any atom is 0.284 e. The third-order valence-electron chi connectivity index (χ3n) is 4.84. The standard InChI is InChI=1S/C22H15ClN4OS/c23-15-9-7-14(8-10-15)18-12-20(27(26-18)22(28)21-6-3-11-29-21)19-13-24-16-4-1-2-5-17(16)25-19/h1-11,13,20H,12H2/t20-/m0/s1. The molecule has 5 nitrogen and oxygen atoms in total. The minimum absolute atomic E-state index is 0.135. The zero-order valence-electron chi connectivity index (χ0n) is 15.2. The first-order valence-corrected chi connectivity index (χ1v) is 10.4. The number of carbonyl (C=O) groups is 1. The van der Waals surface area contributed by atoms with Gasteiger partial charge in [-0.05, 0) is 41.3 Å². The summed E-state index contributed by atoms with van der Waals surface area (Å²) < 4.78 is 0. The first-order chi connectivity index (χ1) is 14.2. The van der Waals surface area contributed by atoms with Gasteiger partial charge in [-0.25, -0.2) is 9.99 Å². The Hall–Kier alpha value is -3.09. The van der Waals surface area contributed by atoms with E-state index < -0.39 is 0 Å². The fraction of sp³-hybridized carbons (Fsp3) is 0.0909. The Morgan fingerprint density at radius 1 is 1.03 bits per heavy atom. The van der Waals surface area contributed by atoms with Gasteiger partial charge in [0.15, 0.2) is 0 Å². The molecule has 0 bridgehead atoms. The number of thiophene rings is 1. The molecule has 1 amide bonds. The third kappa shape index (κ3) is 3.41. The summed E-state index contributed by atoms with van der Waals surface area (Å²) in [5, 5.41) is 8.76. The monoisotopic (exact) mass is 418 g/mol. The average molecular weight is 419 g/mol. The lowest BCUT2D eigenvalue weighted by Gasteiger charge is -2.20. The van der Waals surface area contributed by atoms with E-state index in [1.54, 1.807) is 6.20 Å². The predicted octanol–water partition coefficient (Wildman–Crippen LogP) is 5.34. The molecule has 5 rings (SSSR count). The second-order valence-corrected chi connectivity index (χ2v) is 8.07. The van der Waals surface area contributed by atoms with Gasteiger partial charge >= 0.3 is 0 Å².